The number of pyridine rings is 1. The van der Waals surface area contributed by atoms with Gasteiger partial charge in [0.05, 0.1) is 0 Å². The van der Waals surface area contributed by atoms with Crippen molar-refractivity contribution in [2.75, 3.05) is 5.88 Å². The first-order chi connectivity index (χ1) is 7.74. The van der Waals surface area contributed by atoms with Gasteiger partial charge in [0.2, 0.25) is 5.91 Å². The Morgan fingerprint density at radius 2 is 1.94 bits per heavy atom. The second kappa shape index (κ2) is 6.79. The zero-order valence-corrected chi connectivity index (χ0v) is 9.33. The largest absolute Gasteiger partial charge is 0.273 e. The van der Waals surface area contributed by atoms with Gasteiger partial charge in [-0.2, -0.15) is 0 Å². The molecule has 1 aromatic heterocycles. The number of hydrogen-bond donors (Lipinski definition) is 2. The lowest BCUT2D eigenvalue weighted by Crippen LogP contribution is -2.41. The van der Waals surface area contributed by atoms with E-state index in [-0.39, 0.29) is 11.8 Å². The second-order valence-electron chi connectivity index (χ2n) is 3.03. The monoisotopic (exact) mass is 241 g/mol. The molecule has 86 valence electrons. The summed E-state index contributed by atoms with van der Waals surface area (Å²) in [6.07, 6.45) is 3.88. The lowest BCUT2D eigenvalue weighted by atomic mass is 10.2. The van der Waals surface area contributed by atoms with Gasteiger partial charge in [-0.15, -0.1) is 11.6 Å². The molecule has 0 fully saturated rings. The Hall–Kier alpha value is -1.62. The van der Waals surface area contributed by atoms with E-state index in [1.807, 2.05) is 0 Å². The average molecular weight is 242 g/mol. The summed E-state index contributed by atoms with van der Waals surface area (Å²) in [7, 11) is 0. The topological polar surface area (TPSA) is 71.1 Å². The molecule has 0 unspecified atom stereocenters. The summed E-state index contributed by atoms with van der Waals surface area (Å²) < 4.78 is 0. The van der Waals surface area contributed by atoms with E-state index in [4.69, 9.17) is 11.6 Å². The average Bonchev–Trinajstić information content (AvgIpc) is 2.34. The Bertz CT molecular complexity index is 356. The number of hydrogen-bond acceptors (Lipinski definition) is 3. The molecule has 0 saturated carbocycles. The van der Waals surface area contributed by atoms with Crippen LogP contribution in [-0.4, -0.2) is 22.7 Å². The summed E-state index contributed by atoms with van der Waals surface area (Å²) >= 11 is 5.43. The zero-order chi connectivity index (χ0) is 11.8. The van der Waals surface area contributed by atoms with Gasteiger partial charge in [0.25, 0.3) is 5.91 Å². The van der Waals surface area contributed by atoms with Gasteiger partial charge in [-0.25, -0.2) is 0 Å². The number of carbonyl (C=O) groups excluding carboxylic acids is 2. The van der Waals surface area contributed by atoms with Crippen LogP contribution >= 0.6 is 11.6 Å². The highest BCUT2D eigenvalue weighted by Crippen LogP contribution is 1.95. The van der Waals surface area contributed by atoms with Gasteiger partial charge >= 0.3 is 0 Å². The van der Waals surface area contributed by atoms with E-state index in [2.05, 4.69) is 15.8 Å². The Balaban J connectivity index is 2.33. The molecule has 1 heterocycles. The van der Waals surface area contributed by atoms with Crippen molar-refractivity contribution in [3.05, 3.63) is 30.1 Å². The maximum atomic E-state index is 11.4. The fourth-order valence-electron chi connectivity index (χ4n) is 0.992. The van der Waals surface area contributed by atoms with Crippen LogP contribution in [0.1, 0.15) is 23.2 Å². The summed E-state index contributed by atoms with van der Waals surface area (Å²) in [4.78, 5) is 26.4. The van der Waals surface area contributed by atoms with E-state index < -0.39 is 0 Å². The number of nitrogens with zero attached hydrogens (tertiary/aromatic N) is 1. The molecule has 5 nitrogen and oxygen atoms in total. The third kappa shape index (κ3) is 4.27. The molecule has 0 aliphatic rings. The number of amides is 2. The van der Waals surface area contributed by atoms with Crippen molar-refractivity contribution in [2.24, 2.45) is 0 Å². The Kier molecular flexibility index (Phi) is 5.28. The fourth-order valence-corrected chi connectivity index (χ4v) is 1.13. The molecule has 0 aromatic carbocycles. The second-order valence-corrected chi connectivity index (χ2v) is 3.41. The first-order valence-corrected chi connectivity index (χ1v) is 5.32. The number of alkyl halides is 1. The van der Waals surface area contributed by atoms with Crippen LogP contribution in [0.2, 0.25) is 0 Å². The van der Waals surface area contributed by atoms with Crippen LogP contribution in [0, 0.1) is 0 Å². The van der Waals surface area contributed by atoms with E-state index in [9.17, 15) is 9.59 Å². The molecule has 6 heteroatoms. The van der Waals surface area contributed by atoms with Crippen molar-refractivity contribution in [3.8, 4) is 0 Å². The summed E-state index contributed by atoms with van der Waals surface area (Å²) in [5.74, 6) is -0.212. The summed E-state index contributed by atoms with van der Waals surface area (Å²) in [5, 5.41) is 0. The first-order valence-electron chi connectivity index (χ1n) is 4.79. The van der Waals surface area contributed by atoms with Gasteiger partial charge in [-0.3, -0.25) is 25.4 Å². The van der Waals surface area contributed by atoms with E-state index >= 15 is 0 Å². The molecule has 1 aromatic rings. The lowest BCUT2D eigenvalue weighted by molar-refractivity contribution is -0.121. The predicted molar refractivity (Wildman–Crippen MR) is 59.8 cm³/mol. The van der Waals surface area contributed by atoms with Gasteiger partial charge in [0.15, 0.2) is 0 Å². The summed E-state index contributed by atoms with van der Waals surface area (Å²) in [6.45, 7) is 0. The molecule has 0 bridgehead atoms. The van der Waals surface area contributed by atoms with Crippen LogP contribution in [-0.2, 0) is 4.79 Å². The van der Waals surface area contributed by atoms with E-state index in [1.54, 1.807) is 12.1 Å². The highest BCUT2D eigenvalue weighted by atomic mass is 35.5. The molecular formula is C10H12ClN3O2. The lowest BCUT2D eigenvalue weighted by Gasteiger charge is -2.06. The highest BCUT2D eigenvalue weighted by Gasteiger charge is 2.05. The van der Waals surface area contributed by atoms with Gasteiger partial charge in [-0.05, 0) is 18.6 Å². The Morgan fingerprint density at radius 3 is 2.56 bits per heavy atom. The maximum absolute atomic E-state index is 11.4. The van der Waals surface area contributed by atoms with E-state index in [0.29, 0.717) is 24.3 Å². The van der Waals surface area contributed by atoms with Crippen LogP contribution in [0.4, 0.5) is 0 Å². The highest BCUT2D eigenvalue weighted by molar-refractivity contribution is 6.17. The molecule has 0 aliphatic carbocycles. The zero-order valence-electron chi connectivity index (χ0n) is 8.57. The molecule has 0 radical (unpaired) electrons. The quantitative estimate of drug-likeness (QED) is 0.607. The van der Waals surface area contributed by atoms with Crippen LogP contribution in [0.15, 0.2) is 24.5 Å². The van der Waals surface area contributed by atoms with Crippen LogP contribution < -0.4 is 10.9 Å². The third-order valence-electron chi connectivity index (χ3n) is 1.80. The SMILES string of the molecule is O=C(CCCCl)NNC(=O)c1ccncc1. The first kappa shape index (κ1) is 12.4. The molecule has 2 amide bonds. The van der Waals surface area contributed by atoms with Crippen molar-refractivity contribution < 1.29 is 9.59 Å². The molecular weight excluding hydrogens is 230 g/mol. The van der Waals surface area contributed by atoms with Crippen molar-refractivity contribution in [1.29, 1.82) is 0 Å². The van der Waals surface area contributed by atoms with E-state index in [0.717, 1.165) is 0 Å². The third-order valence-corrected chi connectivity index (χ3v) is 2.06. The number of rotatable bonds is 4. The van der Waals surface area contributed by atoms with Gasteiger partial charge in [-0.1, -0.05) is 0 Å². The number of aromatic nitrogens is 1. The fraction of sp³-hybridized carbons (Fsp3) is 0.300. The van der Waals surface area contributed by atoms with Gasteiger partial charge in [0, 0.05) is 30.3 Å². The van der Waals surface area contributed by atoms with Crippen LogP contribution in [0.3, 0.4) is 0 Å². The van der Waals surface area contributed by atoms with Crippen molar-refractivity contribution >= 4 is 23.4 Å². The Morgan fingerprint density at radius 1 is 1.25 bits per heavy atom. The number of hydrazine groups is 1. The Labute approximate surface area is 98.2 Å². The molecule has 16 heavy (non-hydrogen) atoms. The minimum atomic E-state index is -0.373. The van der Waals surface area contributed by atoms with Crippen LogP contribution in [0.25, 0.3) is 0 Å². The molecule has 0 saturated heterocycles. The van der Waals surface area contributed by atoms with Crippen molar-refractivity contribution in [3.63, 3.8) is 0 Å². The standard InChI is InChI=1S/C10H12ClN3O2/c11-5-1-2-9(15)13-14-10(16)8-3-6-12-7-4-8/h3-4,6-7H,1-2,5H2,(H,13,15)(H,14,16). The summed E-state index contributed by atoms with van der Waals surface area (Å²) in [5.41, 5.74) is 5.03. The molecule has 0 atom stereocenters. The minimum Gasteiger partial charge on any atom is -0.273 e. The normalized spacial score (nSPS) is 9.56. The van der Waals surface area contributed by atoms with Gasteiger partial charge < -0.3 is 0 Å². The maximum Gasteiger partial charge on any atom is 0.269 e. The summed E-state index contributed by atoms with van der Waals surface area (Å²) in [6, 6.07) is 3.11. The molecule has 0 spiro atoms. The molecule has 2 N–H and O–H groups in total. The van der Waals surface area contributed by atoms with Crippen molar-refractivity contribution in [1.82, 2.24) is 15.8 Å². The predicted octanol–water partition coefficient (Wildman–Crippen LogP) is 0.862. The van der Waals surface area contributed by atoms with Gasteiger partial charge in [0.1, 0.15) is 0 Å². The smallest absolute Gasteiger partial charge is 0.269 e. The number of carbonyl (C=O) groups is 2. The van der Waals surface area contributed by atoms with E-state index in [1.165, 1.54) is 12.4 Å². The molecule has 1 rings (SSSR count). The van der Waals surface area contributed by atoms with Crippen LogP contribution in [0.5, 0.6) is 0 Å². The molecule has 0 aliphatic heterocycles. The van der Waals surface area contributed by atoms with Crippen molar-refractivity contribution in [2.45, 2.75) is 12.8 Å². The number of halogens is 1. The minimum absolute atomic E-state index is 0.261. The number of nitrogens with one attached hydrogen (secondary N) is 2.